The molecular weight excluding hydrogens is 386 g/mol. The third kappa shape index (κ3) is 3.51. The van der Waals surface area contributed by atoms with Gasteiger partial charge in [-0.3, -0.25) is 9.93 Å². The van der Waals surface area contributed by atoms with Gasteiger partial charge in [0.1, 0.15) is 5.82 Å². The Balaban J connectivity index is 1.25. The summed E-state index contributed by atoms with van der Waals surface area (Å²) < 4.78 is 1.77. The molecule has 0 saturated carbocycles. The van der Waals surface area contributed by atoms with E-state index in [0.717, 1.165) is 48.1 Å². The van der Waals surface area contributed by atoms with Crippen molar-refractivity contribution in [3.05, 3.63) is 48.4 Å². The summed E-state index contributed by atoms with van der Waals surface area (Å²) in [6.45, 7) is 3.63. The van der Waals surface area contributed by atoms with Crippen molar-refractivity contribution in [1.82, 2.24) is 19.9 Å². The number of amides is 1. The van der Waals surface area contributed by atoms with E-state index in [1.54, 1.807) is 16.9 Å². The fraction of sp³-hybridized carbons (Fsp3) is 0.350. The number of carbonyl (C=O) groups is 1. The number of aromatic nitrogens is 3. The average Bonchev–Trinajstić information content (AvgIpc) is 3.39. The maximum Gasteiger partial charge on any atom is 0.255 e. The van der Waals surface area contributed by atoms with Crippen molar-refractivity contribution < 1.29 is 4.79 Å². The Morgan fingerprint density at radius 2 is 1.97 bits per heavy atom. The molecule has 1 amide bonds. The zero-order chi connectivity index (χ0) is 19.8. The van der Waals surface area contributed by atoms with Crippen LogP contribution in [0.15, 0.2) is 47.8 Å². The number of rotatable bonds is 5. The number of fused-ring (bicyclic) bond motifs is 1. The first-order chi connectivity index (χ1) is 14.2. The van der Waals surface area contributed by atoms with Gasteiger partial charge in [0.2, 0.25) is 0 Å². The lowest BCUT2D eigenvalue weighted by Crippen LogP contribution is -2.59. The fourth-order valence-electron chi connectivity index (χ4n) is 3.97. The van der Waals surface area contributed by atoms with Crippen LogP contribution in [0.2, 0.25) is 0 Å². The molecule has 2 aliphatic heterocycles. The van der Waals surface area contributed by atoms with Gasteiger partial charge >= 0.3 is 0 Å². The lowest BCUT2D eigenvalue weighted by Gasteiger charge is -2.40. The number of nitrogens with one attached hydrogen (secondary N) is 1. The van der Waals surface area contributed by atoms with Crippen molar-refractivity contribution in [3.63, 3.8) is 0 Å². The predicted octanol–water partition coefficient (Wildman–Crippen LogP) is 1.91. The van der Waals surface area contributed by atoms with Crippen LogP contribution in [0.4, 0.5) is 11.5 Å². The van der Waals surface area contributed by atoms with Gasteiger partial charge in [-0.05, 0) is 49.1 Å². The van der Waals surface area contributed by atoms with Crippen LogP contribution in [0.1, 0.15) is 23.2 Å². The van der Waals surface area contributed by atoms with Crippen molar-refractivity contribution in [2.45, 2.75) is 23.8 Å². The Morgan fingerprint density at radius 1 is 1.14 bits per heavy atom. The molecule has 3 aromatic heterocycles. The van der Waals surface area contributed by atoms with E-state index >= 15 is 0 Å². The smallest absolute Gasteiger partial charge is 0.255 e. The van der Waals surface area contributed by atoms with Gasteiger partial charge in [0, 0.05) is 49.2 Å². The summed E-state index contributed by atoms with van der Waals surface area (Å²) in [7, 11) is 0. The van der Waals surface area contributed by atoms with E-state index in [9.17, 15) is 4.79 Å². The number of anilines is 2. The molecule has 29 heavy (non-hydrogen) atoms. The summed E-state index contributed by atoms with van der Waals surface area (Å²) in [4.78, 5) is 22.7. The van der Waals surface area contributed by atoms with E-state index in [2.05, 4.69) is 37.3 Å². The summed E-state index contributed by atoms with van der Waals surface area (Å²) in [5.41, 5.74) is 2.62. The van der Waals surface area contributed by atoms with Gasteiger partial charge in [-0.15, -0.1) is 0 Å². The average molecular weight is 410 g/mol. The highest BCUT2D eigenvalue weighted by Crippen LogP contribution is 2.24. The van der Waals surface area contributed by atoms with Gasteiger partial charge in [-0.2, -0.15) is 5.10 Å². The Morgan fingerprint density at radius 3 is 2.69 bits per heavy atom. The summed E-state index contributed by atoms with van der Waals surface area (Å²) in [6, 6.07) is 8.15. The van der Waals surface area contributed by atoms with E-state index in [-0.39, 0.29) is 11.9 Å². The summed E-state index contributed by atoms with van der Waals surface area (Å²) in [5.74, 6) is 0.825. The second kappa shape index (κ2) is 7.57. The Kier molecular flexibility index (Phi) is 4.76. The Bertz CT molecular complexity index is 1020. The van der Waals surface area contributed by atoms with Gasteiger partial charge in [0.25, 0.3) is 5.91 Å². The topological polar surface area (TPSA) is 91.8 Å². The molecule has 0 bridgehead atoms. The normalized spacial score (nSPS) is 17.0. The highest BCUT2D eigenvalue weighted by Gasteiger charge is 2.30. The number of hydrogen-bond acceptors (Lipinski definition) is 7. The van der Waals surface area contributed by atoms with Crippen LogP contribution in [-0.4, -0.2) is 52.7 Å². The summed E-state index contributed by atoms with van der Waals surface area (Å²) in [5, 5.41) is 13.0. The molecule has 3 N–H and O–H groups in total. The van der Waals surface area contributed by atoms with Crippen molar-refractivity contribution >= 4 is 34.9 Å². The summed E-state index contributed by atoms with van der Waals surface area (Å²) in [6.07, 6.45) is 7.79. The number of hydrogen-bond donors (Lipinski definition) is 2. The molecule has 0 radical (unpaired) electrons. The van der Waals surface area contributed by atoms with Gasteiger partial charge < -0.3 is 15.1 Å². The third-order valence-electron chi connectivity index (χ3n) is 5.62. The standard InChI is InChI=1S/C20H23N7OS/c21-29-16-3-4-19(22-10-16)26-12-14(13-26)24-20(28)17-11-23-27-8-5-15(9-18(17)27)25-6-1-2-7-25/h3-5,8-11,14H,1-2,6-7,12-13,21H2,(H,24,28). The number of nitrogens with zero attached hydrogens (tertiary/aromatic N) is 5. The van der Waals surface area contributed by atoms with Gasteiger partial charge in [-0.1, -0.05) is 0 Å². The van der Waals surface area contributed by atoms with E-state index < -0.39 is 0 Å². The molecule has 9 heteroatoms. The van der Waals surface area contributed by atoms with Crippen LogP contribution in [0.5, 0.6) is 0 Å². The first-order valence-corrected chi connectivity index (χ1v) is 10.7. The molecule has 5 heterocycles. The lowest BCUT2D eigenvalue weighted by molar-refractivity contribution is 0.0931. The van der Waals surface area contributed by atoms with E-state index in [4.69, 9.17) is 5.14 Å². The maximum absolute atomic E-state index is 12.9. The molecular formula is C20H23N7OS. The molecule has 0 aromatic carbocycles. The van der Waals surface area contributed by atoms with Gasteiger partial charge in [0.15, 0.2) is 0 Å². The van der Waals surface area contributed by atoms with Crippen molar-refractivity contribution in [2.24, 2.45) is 5.14 Å². The molecule has 0 unspecified atom stereocenters. The molecule has 0 spiro atoms. The van der Waals surface area contributed by atoms with Crippen molar-refractivity contribution in [1.29, 1.82) is 0 Å². The quantitative estimate of drug-likeness (QED) is 0.622. The van der Waals surface area contributed by atoms with E-state index in [0.29, 0.717) is 5.56 Å². The van der Waals surface area contributed by atoms with Crippen LogP contribution in [0.25, 0.3) is 5.52 Å². The third-order valence-corrected chi connectivity index (χ3v) is 6.13. The van der Waals surface area contributed by atoms with E-state index in [1.807, 2.05) is 18.3 Å². The molecule has 2 aliphatic rings. The predicted molar refractivity (Wildman–Crippen MR) is 114 cm³/mol. The van der Waals surface area contributed by atoms with Gasteiger partial charge in [-0.25, -0.2) is 9.50 Å². The SMILES string of the molecule is NSc1ccc(N2CC(NC(=O)c3cnn4ccc(N5CCCC5)cc34)C2)nc1. The zero-order valence-corrected chi connectivity index (χ0v) is 16.8. The minimum Gasteiger partial charge on any atom is -0.371 e. The largest absolute Gasteiger partial charge is 0.371 e. The minimum atomic E-state index is -0.0777. The van der Waals surface area contributed by atoms with Crippen LogP contribution in [0, 0.1) is 0 Å². The van der Waals surface area contributed by atoms with Crippen LogP contribution >= 0.6 is 11.9 Å². The monoisotopic (exact) mass is 409 g/mol. The summed E-state index contributed by atoms with van der Waals surface area (Å²) >= 11 is 1.18. The van der Waals surface area contributed by atoms with Crippen LogP contribution in [0.3, 0.4) is 0 Å². The lowest BCUT2D eigenvalue weighted by atomic mass is 10.1. The molecule has 8 nitrogen and oxygen atoms in total. The molecule has 0 aliphatic carbocycles. The number of pyridine rings is 2. The molecule has 150 valence electrons. The number of nitrogens with two attached hydrogens (primary N) is 1. The molecule has 0 atom stereocenters. The first kappa shape index (κ1) is 18.3. The van der Waals surface area contributed by atoms with Crippen LogP contribution in [-0.2, 0) is 0 Å². The minimum absolute atomic E-state index is 0.0777. The van der Waals surface area contributed by atoms with Crippen LogP contribution < -0.4 is 20.3 Å². The highest BCUT2D eigenvalue weighted by atomic mass is 32.2. The van der Waals surface area contributed by atoms with Crippen molar-refractivity contribution in [2.75, 3.05) is 36.0 Å². The molecule has 5 rings (SSSR count). The second-order valence-electron chi connectivity index (χ2n) is 7.51. The fourth-order valence-corrected chi connectivity index (χ4v) is 4.23. The maximum atomic E-state index is 12.9. The first-order valence-electron chi connectivity index (χ1n) is 9.82. The zero-order valence-electron chi connectivity index (χ0n) is 16.0. The molecule has 2 fully saturated rings. The number of carbonyl (C=O) groups excluding carboxylic acids is 1. The Hall–Kier alpha value is -2.78. The molecule has 3 aromatic rings. The van der Waals surface area contributed by atoms with Gasteiger partial charge in [0.05, 0.1) is 23.3 Å². The van der Waals surface area contributed by atoms with Crippen molar-refractivity contribution in [3.8, 4) is 0 Å². The van der Waals surface area contributed by atoms with E-state index in [1.165, 1.54) is 24.8 Å². The molecule has 2 saturated heterocycles. The highest BCUT2D eigenvalue weighted by molar-refractivity contribution is 7.97. The Labute approximate surface area is 173 Å². The second-order valence-corrected chi connectivity index (χ2v) is 8.22.